The van der Waals surface area contributed by atoms with Crippen molar-refractivity contribution in [1.82, 2.24) is 0 Å². The van der Waals surface area contributed by atoms with Gasteiger partial charge in [-0.25, -0.2) is 4.79 Å². The van der Waals surface area contributed by atoms with Crippen LogP contribution in [0.15, 0.2) is 72.8 Å². The van der Waals surface area contributed by atoms with E-state index in [1.165, 1.54) is 25.3 Å². The second-order valence-electron chi connectivity index (χ2n) is 6.09. The molecule has 3 amide bonds. The number of benzene rings is 3. The van der Waals surface area contributed by atoms with Gasteiger partial charge in [0, 0.05) is 17.4 Å². The Bertz CT molecular complexity index is 1080. The van der Waals surface area contributed by atoms with Gasteiger partial charge in [-0.3, -0.25) is 14.9 Å². The summed E-state index contributed by atoms with van der Waals surface area (Å²) >= 11 is 0. The number of methoxy groups -OCH3 is 1. The summed E-state index contributed by atoms with van der Waals surface area (Å²) in [5.74, 6) is 0.127. The first-order valence-electron chi connectivity index (χ1n) is 8.84. The second kappa shape index (κ2) is 9.20. The molecule has 0 radical (unpaired) electrons. The van der Waals surface area contributed by atoms with Crippen molar-refractivity contribution in [1.29, 1.82) is 0 Å². The van der Waals surface area contributed by atoms with Gasteiger partial charge in [-0.15, -0.1) is 0 Å². The molecule has 0 atom stereocenters. The zero-order valence-corrected chi connectivity index (χ0v) is 15.9. The number of para-hydroxylation sites is 3. The molecule has 0 saturated carbocycles. The summed E-state index contributed by atoms with van der Waals surface area (Å²) in [6.45, 7) is 0. The van der Waals surface area contributed by atoms with Crippen LogP contribution in [-0.2, 0) is 0 Å². The van der Waals surface area contributed by atoms with Gasteiger partial charge < -0.3 is 20.7 Å². The number of hydrogen-bond acceptors (Lipinski definition) is 5. The van der Waals surface area contributed by atoms with E-state index in [9.17, 15) is 19.7 Å². The van der Waals surface area contributed by atoms with Gasteiger partial charge in [-0.05, 0) is 42.5 Å². The molecule has 0 spiro atoms. The third-order valence-electron chi connectivity index (χ3n) is 4.10. The lowest BCUT2D eigenvalue weighted by Crippen LogP contribution is -2.20. The van der Waals surface area contributed by atoms with Gasteiger partial charge in [-0.2, -0.15) is 0 Å². The largest absolute Gasteiger partial charge is 0.496 e. The Labute approximate surface area is 171 Å². The first kappa shape index (κ1) is 20.3. The molecular formula is C21H18N4O5. The number of amides is 3. The third kappa shape index (κ3) is 4.90. The minimum absolute atomic E-state index is 0.0840. The Morgan fingerprint density at radius 1 is 0.833 bits per heavy atom. The fourth-order valence-electron chi connectivity index (χ4n) is 2.69. The van der Waals surface area contributed by atoms with Crippen molar-refractivity contribution in [3.05, 3.63) is 88.5 Å². The van der Waals surface area contributed by atoms with Crippen molar-refractivity contribution >= 4 is 34.7 Å². The van der Waals surface area contributed by atoms with Crippen LogP contribution in [0, 0.1) is 10.1 Å². The lowest BCUT2D eigenvalue weighted by atomic mass is 10.2. The van der Waals surface area contributed by atoms with Gasteiger partial charge in [0.05, 0.1) is 17.6 Å². The van der Waals surface area contributed by atoms with E-state index in [0.29, 0.717) is 22.7 Å². The van der Waals surface area contributed by atoms with Crippen molar-refractivity contribution in [2.45, 2.75) is 0 Å². The number of carbonyl (C=O) groups is 2. The van der Waals surface area contributed by atoms with E-state index in [2.05, 4.69) is 16.0 Å². The van der Waals surface area contributed by atoms with Gasteiger partial charge in [0.1, 0.15) is 11.4 Å². The molecule has 0 aliphatic heterocycles. The first-order chi connectivity index (χ1) is 14.5. The van der Waals surface area contributed by atoms with Crippen LogP contribution in [0.1, 0.15) is 10.4 Å². The molecule has 30 heavy (non-hydrogen) atoms. The molecule has 3 rings (SSSR count). The summed E-state index contributed by atoms with van der Waals surface area (Å²) in [7, 11) is 1.49. The zero-order valence-electron chi connectivity index (χ0n) is 15.9. The maximum Gasteiger partial charge on any atom is 0.323 e. The van der Waals surface area contributed by atoms with Crippen molar-refractivity contribution in [2.75, 3.05) is 23.1 Å². The van der Waals surface area contributed by atoms with Gasteiger partial charge >= 0.3 is 6.03 Å². The van der Waals surface area contributed by atoms with Crippen LogP contribution in [0.4, 0.5) is 27.5 Å². The summed E-state index contributed by atoms with van der Waals surface area (Å²) in [5, 5.41) is 18.8. The molecule has 0 saturated heterocycles. The smallest absolute Gasteiger partial charge is 0.323 e. The molecule has 0 aromatic heterocycles. The van der Waals surface area contributed by atoms with E-state index in [1.54, 1.807) is 54.6 Å². The van der Waals surface area contributed by atoms with Gasteiger partial charge in [0.2, 0.25) is 0 Å². The fourth-order valence-corrected chi connectivity index (χ4v) is 2.69. The van der Waals surface area contributed by atoms with Crippen LogP contribution in [0.2, 0.25) is 0 Å². The number of rotatable bonds is 6. The molecule has 152 valence electrons. The van der Waals surface area contributed by atoms with E-state index in [4.69, 9.17) is 4.74 Å². The van der Waals surface area contributed by atoms with Crippen LogP contribution >= 0.6 is 0 Å². The molecular weight excluding hydrogens is 388 g/mol. The topological polar surface area (TPSA) is 123 Å². The lowest BCUT2D eigenvalue weighted by Gasteiger charge is -2.11. The highest BCUT2D eigenvalue weighted by molar-refractivity contribution is 6.06. The summed E-state index contributed by atoms with van der Waals surface area (Å²) < 4.78 is 5.18. The molecule has 0 unspecified atom stereocenters. The Balaban J connectivity index is 1.63. The van der Waals surface area contributed by atoms with Gasteiger partial charge in [0.15, 0.2) is 0 Å². The Hall–Kier alpha value is -4.40. The number of carbonyl (C=O) groups excluding carboxylic acids is 2. The average Bonchev–Trinajstić information content (AvgIpc) is 2.75. The standard InChI is InChI=1S/C21H18N4O5/c1-30-19-9-5-2-6-16(19)20(26)22-14-10-12-15(13-11-14)23-21(27)24-17-7-3-4-8-18(17)25(28)29/h2-13H,1H3,(H,22,26)(H2,23,24,27). The predicted molar refractivity (Wildman–Crippen MR) is 113 cm³/mol. The fraction of sp³-hybridized carbons (Fsp3) is 0.0476. The Morgan fingerprint density at radius 2 is 1.43 bits per heavy atom. The molecule has 0 fully saturated rings. The molecule has 0 aliphatic carbocycles. The molecule has 9 nitrogen and oxygen atoms in total. The van der Waals surface area contributed by atoms with Crippen LogP contribution < -0.4 is 20.7 Å². The van der Waals surface area contributed by atoms with E-state index in [0.717, 1.165) is 0 Å². The lowest BCUT2D eigenvalue weighted by molar-refractivity contribution is -0.383. The summed E-state index contributed by atoms with van der Waals surface area (Å²) in [6.07, 6.45) is 0. The molecule has 3 N–H and O–H groups in total. The molecule has 3 aromatic rings. The van der Waals surface area contributed by atoms with Crippen LogP contribution in [0.3, 0.4) is 0 Å². The first-order valence-corrected chi connectivity index (χ1v) is 8.84. The number of nitro groups is 1. The minimum atomic E-state index is -0.630. The Morgan fingerprint density at radius 3 is 2.10 bits per heavy atom. The molecule has 9 heteroatoms. The van der Waals surface area contributed by atoms with Crippen LogP contribution in [0.5, 0.6) is 5.75 Å². The SMILES string of the molecule is COc1ccccc1C(=O)Nc1ccc(NC(=O)Nc2ccccc2[N+](=O)[O-])cc1. The quantitative estimate of drug-likeness (QED) is 0.411. The van der Waals surface area contributed by atoms with Gasteiger partial charge in [-0.1, -0.05) is 24.3 Å². The maximum atomic E-state index is 12.4. The molecule has 0 heterocycles. The molecule has 0 bridgehead atoms. The summed E-state index contributed by atoms with van der Waals surface area (Å²) in [5.41, 5.74) is 1.24. The number of urea groups is 1. The van der Waals surface area contributed by atoms with Crippen molar-refractivity contribution in [2.24, 2.45) is 0 Å². The minimum Gasteiger partial charge on any atom is -0.496 e. The number of hydrogen-bond donors (Lipinski definition) is 3. The Kier molecular flexibility index (Phi) is 6.23. The zero-order chi connectivity index (χ0) is 21.5. The van der Waals surface area contributed by atoms with Gasteiger partial charge in [0.25, 0.3) is 11.6 Å². The van der Waals surface area contributed by atoms with Crippen molar-refractivity contribution in [3.8, 4) is 5.75 Å². The van der Waals surface area contributed by atoms with E-state index in [-0.39, 0.29) is 17.3 Å². The summed E-state index contributed by atoms with van der Waals surface area (Å²) in [6, 6.07) is 18.5. The normalized spacial score (nSPS) is 10.0. The number of ether oxygens (including phenoxy) is 1. The highest BCUT2D eigenvalue weighted by atomic mass is 16.6. The number of nitrogens with zero attached hydrogens (tertiary/aromatic N) is 1. The van der Waals surface area contributed by atoms with E-state index < -0.39 is 11.0 Å². The second-order valence-corrected chi connectivity index (χ2v) is 6.09. The number of nitro benzene ring substituents is 1. The highest BCUT2D eigenvalue weighted by Crippen LogP contribution is 2.24. The third-order valence-corrected chi connectivity index (χ3v) is 4.10. The summed E-state index contributed by atoms with van der Waals surface area (Å²) in [4.78, 5) is 35.0. The van der Waals surface area contributed by atoms with Crippen molar-refractivity contribution in [3.63, 3.8) is 0 Å². The monoisotopic (exact) mass is 406 g/mol. The number of nitrogens with one attached hydrogen (secondary N) is 3. The number of anilines is 3. The van der Waals surface area contributed by atoms with E-state index in [1.807, 2.05) is 0 Å². The maximum absolute atomic E-state index is 12.4. The predicted octanol–water partition coefficient (Wildman–Crippen LogP) is 4.50. The van der Waals surface area contributed by atoms with Crippen LogP contribution in [-0.4, -0.2) is 24.0 Å². The highest BCUT2D eigenvalue weighted by Gasteiger charge is 2.15. The van der Waals surface area contributed by atoms with Crippen molar-refractivity contribution < 1.29 is 19.2 Å². The average molecular weight is 406 g/mol. The van der Waals surface area contributed by atoms with Crippen LogP contribution in [0.25, 0.3) is 0 Å². The molecule has 0 aliphatic rings. The van der Waals surface area contributed by atoms with E-state index >= 15 is 0 Å². The molecule has 3 aromatic carbocycles.